The van der Waals surface area contributed by atoms with Crippen molar-refractivity contribution in [2.24, 2.45) is 0 Å². The maximum Gasteiger partial charge on any atom is 0.348 e. The number of aryl methyl sites for hydroxylation is 1. The highest BCUT2D eigenvalue weighted by Gasteiger charge is 2.31. The molecule has 3 aromatic rings. The summed E-state index contributed by atoms with van der Waals surface area (Å²) in [4.78, 5) is 14.1. The number of nitrogens with zero attached hydrogens (tertiary/aromatic N) is 1. The van der Waals surface area contributed by atoms with E-state index >= 15 is 0 Å². The molecule has 4 rings (SSSR count). The molecule has 0 aliphatic heterocycles. The highest BCUT2D eigenvalue weighted by Crippen LogP contribution is 2.50. The monoisotopic (exact) mass is 435 g/mol. The summed E-state index contributed by atoms with van der Waals surface area (Å²) in [5.41, 5.74) is 3.23. The van der Waals surface area contributed by atoms with Crippen molar-refractivity contribution in [1.29, 1.82) is 0 Å². The molecule has 0 N–H and O–H groups in total. The Labute approximate surface area is 161 Å². The van der Waals surface area contributed by atoms with Crippen LogP contribution in [0.1, 0.15) is 27.7 Å². The second kappa shape index (κ2) is 6.90. The van der Waals surface area contributed by atoms with Gasteiger partial charge in [0.05, 0.1) is 17.0 Å². The summed E-state index contributed by atoms with van der Waals surface area (Å²) in [6.07, 6.45) is 3.60. The van der Waals surface area contributed by atoms with Crippen LogP contribution in [0.3, 0.4) is 0 Å². The van der Waals surface area contributed by atoms with E-state index in [4.69, 9.17) is 9.47 Å². The molecule has 1 aliphatic rings. The average Bonchev–Trinajstić information content (AvgIpc) is 3.21. The zero-order valence-electron chi connectivity index (χ0n) is 13.4. The minimum atomic E-state index is -0.276. The molecular formula is C18H14BrNO3S2. The molecule has 0 atom stereocenters. The number of fused-ring (bicyclic) bond motifs is 3. The van der Waals surface area contributed by atoms with Gasteiger partial charge in [0.25, 0.3) is 0 Å². The SMILES string of the molecule is CCOC(=O)c1sc(Oc2ccc(Br)cc2)c2c1CCc1cnsc1-2. The smallest absolute Gasteiger partial charge is 0.348 e. The van der Waals surface area contributed by atoms with Crippen LogP contribution in [0, 0.1) is 0 Å². The van der Waals surface area contributed by atoms with Gasteiger partial charge < -0.3 is 9.47 Å². The zero-order chi connectivity index (χ0) is 17.4. The Balaban J connectivity index is 1.81. The first-order valence-electron chi connectivity index (χ1n) is 7.87. The van der Waals surface area contributed by atoms with Crippen LogP contribution < -0.4 is 4.74 Å². The third-order valence-corrected chi connectivity index (χ3v) is 6.45. The molecular weight excluding hydrogens is 422 g/mol. The second-order valence-electron chi connectivity index (χ2n) is 5.53. The third kappa shape index (κ3) is 3.12. The van der Waals surface area contributed by atoms with Crippen LogP contribution in [-0.4, -0.2) is 16.9 Å². The van der Waals surface area contributed by atoms with Gasteiger partial charge in [-0.1, -0.05) is 27.3 Å². The zero-order valence-corrected chi connectivity index (χ0v) is 16.6. The van der Waals surface area contributed by atoms with Gasteiger partial charge in [0.15, 0.2) is 5.06 Å². The van der Waals surface area contributed by atoms with Crippen molar-refractivity contribution in [3.8, 4) is 21.3 Å². The summed E-state index contributed by atoms with van der Waals surface area (Å²) in [6, 6.07) is 7.66. The first kappa shape index (κ1) is 16.8. The highest BCUT2D eigenvalue weighted by molar-refractivity contribution is 9.10. The van der Waals surface area contributed by atoms with Gasteiger partial charge >= 0.3 is 5.97 Å². The molecule has 0 saturated heterocycles. The third-order valence-electron chi connectivity index (χ3n) is 3.98. The highest BCUT2D eigenvalue weighted by atomic mass is 79.9. The summed E-state index contributed by atoms with van der Waals surface area (Å²) in [5.74, 6) is 0.460. The lowest BCUT2D eigenvalue weighted by Crippen LogP contribution is -2.08. The lowest BCUT2D eigenvalue weighted by atomic mass is 9.93. The number of hydrogen-bond donors (Lipinski definition) is 0. The van der Waals surface area contributed by atoms with Crippen LogP contribution >= 0.6 is 38.8 Å². The normalized spacial score (nSPS) is 12.4. The predicted molar refractivity (Wildman–Crippen MR) is 103 cm³/mol. The van der Waals surface area contributed by atoms with Gasteiger partial charge in [0, 0.05) is 10.7 Å². The molecule has 2 heterocycles. The van der Waals surface area contributed by atoms with Crippen LogP contribution in [0.2, 0.25) is 0 Å². The molecule has 7 heteroatoms. The lowest BCUT2D eigenvalue weighted by Gasteiger charge is -2.14. The van der Waals surface area contributed by atoms with Gasteiger partial charge in [0.2, 0.25) is 0 Å². The average molecular weight is 436 g/mol. The number of benzene rings is 1. The lowest BCUT2D eigenvalue weighted by molar-refractivity contribution is 0.0531. The molecule has 25 heavy (non-hydrogen) atoms. The van der Waals surface area contributed by atoms with E-state index < -0.39 is 0 Å². The molecule has 0 unspecified atom stereocenters. The van der Waals surface area contributed by atoms with Crippen molar-refractivity contribution in [2.45, 2.75) is 19.8 Å². The number of carbonyl (C=O) groups is 1. The Hall–Kier alpha value is -1.70. The number of aromatic nitrogens is 1. The van der Waals surface area contributed by atoms with Gasteiger partial charge in [-0.3, -0.25) is 0 Å². The van der Waals surface area contributed by atoms with Crippen LogP contribution in [0.25, 0.3) is 10.4 Å². The van der Waals surface area contributed by atoms with Gasteiger partial charge in [-0.25, -0.2) is 9.17 Å². The molecule has 0 spiro atoms. The fourth-order valence-electron chi connectivity index (χ4n) is 2.86. The molecule has 0 bridgehead atoms. The van der Waals surface area contributed by atoms with Gasteiger partial charge in [-0.2, -0.15) is 0 Å². The first-order valence-corrected chi connectivity index (χ1v) is 10.3. The topological polar surface area (TPSA) is 48.4 Å². The van der Waals surface area contributed by atoms with Crippen molar-refractivity contribution in [3.05, 3.63) is 50.9 Å². The molecule has 0 fully saturated rings. The fourth-order valence-corrected chi connectivity index (χ4v) is 5.17. The fraction of sp³-hybridized carbons (Fsp3) is 0.222. The molecule has 0 saturated carbocycles. The van der Waals surface area contributed by atoms with Gasteiger partial charge in [0.1, 0.15) is 10.6 Å². The summed E-state index contributed by atoms with van der Waals surface area (Å²) >= 11 is 6.24. The minimum absolute atomic E-state index is 0.276. The van der Waals surface area contributed by atoms with Crippen LogP contribution in [0.4, 0.5) is 0 Å². The van der Waals surface area contributed by atoms with E-state index in [0.29, 0.717) is 11.5 Å². The first-order chi connectivity index (χ1) is 12.2. The van der Waals surface area contributed by atoms with Crippen molar-refractivity contribution in [3.63, 3.8) is 0 Å². The van der Waals surface area contributed by atoms with E-state index in [9.17, 15) is 4.79 Å². The summed E-state index contributed by atoms with van der Waals surface area (Å²) in [7, 11) is 0. The molecule has 2 aromatic heterocycles. The van der Waals surface area contributed by atoms with Gasteiger partial charge in [-0.15, -0.1) is 0 Å². The van der Waals surface area contributed by atoms with Crippen molar-refractivity contribution < 1.29 is 14.3 Å². The number of ether oxygens (including phenoxy) is 2. The van der Waals surface area contributed by atoms with Crippen LogP contribution in [-0.2, 0) is 17.6 Å². The Bertz CT molecular complexity index is 930. The van der Waals surface area contributed by atoms with E-state index in [1.165, 1.54) is 28.4 Å². The van der Waals surface area contributed by atoms with Crippen LogP contribution in [0.5, 0.6) is 10.8 Å². The number of rotatable bonds is 4. The Morgan fingerprint density at radius 1 is 1.28 bits per heavy atom. The van der Waals surface area contributed by atoms with E-state index in [2.05, 4.69) is 20.3 Å². The maximum atomic E-state index is 12.4. The molecule has 0 radical (unpaired) electrons. The Morgan fingerprint density at radius 2 is 2.08 bits per heavy atom. The second-order valence-corrected chi connectivity index (χ2v) is 8.23. The molecule has 1 aliphatic carbocycles. The van der Waals surface area contributed by atoms with Crippen LogP contribution in [0.15, 0.2) is 34.9 Å². The molecule has 1 aromatic carbocycles. The Kier molecular flexibility index (Phi) is 4.62. The quantitative estimate of drug-likeness (QED) is 0.492. The van der Waals surface area contributed by atoms with Crippen molar-refractivity contribution in [2.75, 3.05) is 6.61 Å². The number of hydrogen-bond acceptors (Lipinski definition) is 6. The summed E-state index contributed by atoms with van der Waals surface area (Å²) in [5, 5.41) is 0.727. The summed E-state index contributed by atoms with van der Waals surface area (Å²) in [6.45, 7) is 2.18. The van der Waals surface area contributed by atoms with E-state index in [1.807, 2.05) is 37.4 Å². The maximum absolute atomic E-state index is 12.4. The largest absolute Gasteiger partial charge is 0.462 e. The van der Waals surface area contributed by atoms with E-state index in [1.54, 1.807) is 0 Å². The summed E-state index contributed by atoms with van der Waals surface area (Å²) < 4.78 is 16.7. The molecule has 4 nitrogen and oxygen atoms in total. The Morgan fingerprint density at radius 3 is 2.84 bits per heavy atom. The van der Waals surface area contributed by atoms with E-state index in [-0.39, 0.29) is 5.97 Å². The molecule has 128 valence electrons. The van der Waals surface area contributed by atoms with Crippen molar-refractivity contribution >= 4 is 44.8 Å². The van der Waals surface area contributed by atoms with Gasteiger partial charge in [-0.05, 0) is 66.7 Å². The van der Waals surface area contributed by atoms with E-state index in [0.717, 1.165) is 44.1 Å². The van der Waals surface area contributed by atoms with Crippen molar-refractivity contribution in [1.82, 2.24) is 4.37 Å². The predicted octanol–water partition coefficient (Wildman–Crippen LogP) is 5.70. The standard InChI is InChI=1S/C18H14BrNO3S2/c1-2-22-17(21)16-13-8-3-10-9-20-25-15(10)14(13)18(24-16)23-12-6-4-11(19)5-7-12/h4-7,9H,2-3,8H2,1H3. The number of halogens is 1. The number of carbonyl (C=O) groups excluding carboxylic acids is 1. The minimum Gasteiger partial charge on any atom is -0.462 e. The number of esters is 1. The number of thiophene rings is 1. The molecule has 0 amide bonds.